The number of halogens is 2. The Bertz CT molecular complexity index is 1310. The van der Waals surface area contributed by atoms with E-state index in [9.17, 15) is 25.6 Å². The molecule has 0 saturated carbocycles. The maximum atomic E-state index is 13.6. The van der Waals surface area contributed by atoms with Crippen molar-refractivity contribution in [3.8, 4) is 0 Å². The minimum atomic E-state index is -4.12. The zero-order valence-corrected chi connectivity index (χ0v) is 18.3. The SMILES string of the molecule is Cc1cc(S(=O)(=O)NC[C@H](c2cccnc2)S(=O)(=O)c2ccc(F)c(C)c2)ccc1F. The van der Waals surface area contributed by atoms with E-state index < -0.39 is 43.3 Å². The standard InChI is InChI=1S/C21H20F2N2O4S2/c1-14-10-17(5-7-19(14)22)30(26,27)21(16-4-3-9-24-12-16)13-25-31(28,29)18-6-8-20(23)15(2)11-18/h3-12,21,25H,13H2,1-2H3/t21-/m1/s1. The molecule has 0 fully saturated rings. The van der Waals surface area contributed by atoms with Crippen molar-refractivity contribution in [1.29, 1.82) is 0 Å². The normalized spacial score (nSPS) is 13.2. The molecule has 164 valence electrons. The van der Waals surface area contributed by atoms with Gasteiger partial charge in [-0.2, -0.15) is 0 Å². The number of benzene rings is 2. The Morgan fingerprint density at radius 3 is 2.03 bits per heavy atom. The number of rotatable bonds is 7. The van der Waals surface area contributed by atoms with Gasteiger partial charge >= 0.3 is 0 Å². The highest BCUT2D eigenvalue weighted by Crippen LogP contribution is 2.29. The molecule has 3 aromatic rings. The molecule has 1 heterocycles. The van der Waals surface area contributed by atoms with Gasteiger partial charge in [0.2, 0.25) is 10.0 Å². The summed E-state index contributed by atoms with van der Waals surface area (Å²) in [7, 11) is -8.23. The molecule has 3 rings (SSSR count). The van der Waals surface area contributed by atoms with Gasteiger partial charge in [0.15, 0.2) is 9.84 Å². The monoisotopic (exact) mass is 466 g/mol. The van der Waals surface area contributed by atoms with Crippen LogP contribution in [0.1, 0.15) is 21.9 Å². The second kappa shape index (κ2) is 8.81. The molecule has 0 amide bonds. The number of nitrogens with zero attached hydrogens (tertiary/aromatic N) is 1. The third-order valence-corrected chi connectivity index (χ3v) is 8.31. The van der Waals surface area contributed by atoms with Gasteiger partial charge in [-0.25, -0.2) is 30.3 Å². The smallest absolute Gasteiger partial charge is 0.240 e. The highest BCUT2D eigenvalue weighted by Gasteiger charge is 2.31. The lowest BCUT2D eigenvalue weighted by atomic mass is 10.2. The van der Waals surface area contributed by atoms with Crippen LogP contribution in [0.25, 0.3) is 0 Å². The Kier molecular flexibility index (Phi) is 6.54. The van der Waals surface area contributed by atoms with E-state index in [0.29, 0.717) is 0 Å². The molecule has 6 nitrogen and oxygen atoms in total. The lowest BCUT2D eigenvalue weighted by Gasteiger charge is -2.19. The summed E-state index contributed by atoms with van der Waals surface area (Å²) in [6.45, 7) is 2.37. The Balaban J connectivity index is 1.98. The van der Waals surface area contributed by atoms with E-state index in [4.69, 9.17) is 0 Å². The van der Waals surface area contributed by atoms with Crippen molar-refractivity contribution in [3.05, 3.63) is 89.2 Å². The van der Waals surface area contributed by atoms with Crippen LogP contribution in [0, 0.1) is 25.5 Å². The fraction of sp³-hybridized carbons (Fsp3) is 0.190. The summed E-state index contributed by atoms with van der Waals surface area (Å²) in [5, 5.41) is -1.32. The molecule has 0 unspecified atom stereocenters. The zero-order valence-electron chi connectivity index (χ0n) is 16.7. The summed E-state index contributed by atoms with van der Waals surface area (Å²) in [5.74, 6) is -1.11. The molecule has 0 spiro atoms. The predicted octanol–water partition coefficient (Wildman–Crippen LogP) is 3.47. The van der Waals surface area contributed by atoms with Gasteiger partial charge in [-0.05, 0) is 73.0 Å². The van der Waals surface area contributed by atoms with Crippen molar-refractivity contribution in [2.24, 2.45) is 0 Å². The summed E-state index contributed by atoms with van der Waals surface area (Å²) in [6.07, 6.45) is 2.79. The van der Waals surface area contributed by atoms with E-state index in [1.807, 2.05) is 0 Å². The average molecular weight is 467 g/mol. The van der Waals surface area contributed by atoms with Gasteiger partial charge in [-0.3, -0.25) is 4.98 Å². The van der Waals surface area contributed by atoms with Crippen LogP contribution in [0.15, 0.2) is 70.7 Å². The molecule has 0 aliphatic heterocycles. The number of sulfone groups is 1. The maximum Gasteiger partial charge on any atom is 0.240 e. The highest BCUT2D eigenvalue weighted by atomic mass is 32.2. The summed E-state index contributed by atoms with van der Waals surface area (Å²) in [6, 6.07) is 9.73. The minimum absolute atomic E-state index is 0.140. The van der Waals surface area contributed by atoms with Crippen molar-refractivity contribution in [3.63, 3.8) is 0 Å². The van der Waals surface area contributed by atoms with Crippen molar-refractivity contribution in [2.45, 2.75) is 28.9 Å². The number of hydrogen-bond acceptors (Lipinski definition) is 5. The largest absolute Gasteiger partial charge is 0.264 e. The number of aromatic nitrogens is 1. The first-order chi connectivity index (χ1) is 14.5. The molecular weight excluding hydrogens is 446 g/mol. The van der Waals surface area contributed by atoms with Crippen LogP contribution in [0.3, 0.4) is 0 Å². The zero-order chi connectivity index (χ0) is 22.8. The van der Waals surface area contributed by atoms with Crippen LogP contribution in [0.5, 0.6) is 0 Å². The van der Waals surface area contributed by atoms with Crippen molar-refractivity contribution in [2.75, 3.05) is 6.54 Å². The van der Waals surface area contributed by atoms with Gasteiger partial charge in [0.05, 0.1) is 9.79 Å². The van der Waals surface area contributed by atoms with Crippen molar-refractivity contribution >= 4 is 19.9 Å². The molecule has 0 saturated heterocycles. The number of sulfonamides is 1. The third-order valence-electron chi connectivity index (χ3n) is 4.79. The lowest BCUT2D eigenvalue weighted by molar-refractivity contribution is 0.567. The Morgan fingerprint density at radius 2 is 1.48 bits per heavy atom. The molecule has 0 bridgehead atoms. The molecule has 31 heavy (non-hydrogen) atoms. The van der Waals surface area contributed by atoms with Crippen molar-refractivity contribution in [1.82, 2.24) is 9.71 Å². The molecule has 1 N–H and O–H groups in total. The van der Waals surface area contributed by atoms with Gasteiger partial charge in [0, 0.05) is 18.9 Å². The Labute approximate surface area is 179 Å². The van der Waals surface area contributed by atoms with E-state index in [2.05, 4.69) is 9.71 Å². The minimum Gasteiger partial charge on any atom is -0.264 e. The first kappa shape index (κ1) is 23.0. The quantitative estimate of drug-likeness (QED) is 0.538. The number of pyridine rings is 1. The van der Waals surface area contributed by atoms with Crippen molar-refractivity contribution < 1.29 is 25.6 Å². The second-order valence-corrected chi connectivity index (χ2v) is 10.9. The Morgan fingerprint density at radius 1 is 0.903 bits per heavy atom. The van der Waals surface area contributed by atoms with E-state index in [-0.39, 0.29) is 26.5 Å². The summed E-state index contributed by atoms with van der Waals surface area (Å²) in [5.41, 5.74) is 0.553. The lowest BCUT2D eigenvalue weighted by Crippen LogP contribution is -2.32. The molecule has 0 radical (unpaired) electrons. The highest BCUT2D eigenvalue weighted by molar-refractivity contribution is 7.92. The molecule has 0 aliphatic rings. The topological polar surface area (TPSA) is 93.2 Å². The van der Waals surface area contributed by atoms with Gasteiger partial charge < -0.3 is 0 Å². The predicted molar refractivity (Wildman–Crippen MR) is 112 cm³/mol. The average Bonchev–Trinajstić information content (AvgIpc) is 2.72. The van der Waals surface area contributed by atoms with Gasteiger partial charge in [0.1, 0.15) is 16.9 Å². The van der Waals surface area contributed by atoms with Crippen LogP contribution in [-0.4, -0.2) is 28.4 Å². The first-order valence-electron chi connectivity index (χ1n) is 9.18. The van der Waals surface area contributed by atoms with E-state index in [0.717, 1.165) is 30.3 Å². The summed E-state index contributed by atoms with van der Waals surface area (Å²) in [4.78, 5) is 3.59. The maximum absolute atomic E-state index is 13.6. The number of aryl methyl sites for hydroxylation is 2. The Hall–Kier alpha value is -2.69. The second-order valence-electron chi connectivity index (χ2n) is 6.99. The van der Waals surface area contributed by atoms with E-state index >= 15 is 0 Å². The molecule has 2 aromatic carbocycles. The van der Waals surface area contributed by atoms with Gasteiger partial charge in [-0.1, -0.05) is 6.07 Å². The molecule has 1 atom stereocenters. The fourth-order valence-electron chi connectivity index (χ4n) is 2.98. The first-order valence-corrected chi connectivity index (χ1v) is 12.2. The molecule has 1 aromatic heterocycles. The molecular formula is C21H20F2N2O4S2. The molecule has 10 heteroatoms. The summed E-state index contributed by atoms with van der Waals surface area (Å²) < 4.78 is 81.5. The van der Waals surface area contributed by atoms with Crippen LogP contribution < -0.4 is 4.72 Å². The van der Waals surface area contributed by atoms with E-state index in [1.54, 1.807) is 0 Å². The van der Waals surface area contributed by atoms with E-state index in [1.165, 1.54) is 44.4 Å². The fourth-order valence-corrected chi connectivity index (χ4v) is 5.95. The van der Waals surface area contributed by atoms with Gasteiger partial charge in [0.25, 0.3) is 0 Å². The van der Waals surface area contributed by atoms with Crippen LogP contribution in [0.4, 0.5) is 8.78 Å². The summed E-state index contributed by atoms with van der Waals surface area (Å²) >= 11 is 0. The van der Waals surface area contributed by atoms with Crippen LogP contribution in [0.2, 0.25) is 0 Å². The molecule has 0 aliphatic carbocycles. The number of hydrogen-bond donors (Lipinski definition) is 1. The van der Waals surface area contributed by atoms with Crippen LogP contribution >= 0.6 is 0 Å². The van der Waals surface area contributed by atoms with Gasteiger partial charge in [-0.15, -0.1) is 0 Å². The third kappa shape index (κ3) is 4.97. The van der Waals surface area contributed by atoms with Crippen LogP contribution in [-0.2, 0) is 19.9 Å². The number of nitrogens with one attached hydrogen (secondary N) is 1.